The monoisotopic (exact) mass is 278 g/mol. The van der Waals surface area contributed by atoms with Crippen LogP contribution in [0.3, 0.4) is 0 Å². The van der Waals surface area contributed by atoms with Crippen molar-refractivity contribution >= 4 is 5.91 Å². The van der Waals surface area contributed by atoms with E-state index in [4.69, 9.17) is 4.74 Å². The molecular weight excluding hydrogens is 252 g/mol. The molecule has 1 aromatic carbocycles. The van der Waals surface area contributed by atoms with Crippen molar-refractivity contribution in [2.75, 3.05) is 19.7 Å². The van der Waals surface area contributed by atoms with Crippen LogP contribution in [-0.4, -0.2) is 31.1 Å². The molecule has 0 saturated heterocycles. The van der Waals surface area contributed by atoms with Crippen molar-refractivity contribution in [3.63, 3.8) is 0 Å². The minimum absolute atomic E-state index is 0.0300. The third-order valence-corrected chi connectivity index (χ3v) is 3.05. The number of carbonyl (C=O) groups excluding carboxylic acids is 1. The summed E-state index contributed by atoms with van der Waals surface area (Å²) in [6, 6.07) is 10.1. The number of hydrogen-bond donors (Lipinski definition) is 2. The third kappa shape index (κ3) is 6.17. The Hall–Kier alpha value is -1.39. The molecule has 0 heterocycles. The maximum absolute atomic E-state index is 11.9. The second-order valence-electron chi connectivity index (χ2n) is 5.30. The van der Waals surface area contributed by atoms with Gasteiger partial charge in [-0.25, -0.2) is 0 Å². The van der Waals surface area contributed by atoms with E-state index in [-0.39, 0.29) is 5.91 Å². The highest BCUT2D eigenvalue weighted by molar-refractivity contribution is 5.85. The van der Waals surface area contributed by atoms with Gasteiger partial charge in [-0.2, -0.15) is 0 Å². The Bertz CT molecular complexity index is 391. The van der Waals surface area contributed by atoms with Crippen molar-refractivity contribution in [3.05, 3.63) is 35.9 Å². The molecule has 1 amide bonds. The normalized spacial score (nSPS) is 11.3. The van der Waals surface area contributed by atoms with Crippen LogP contribution in [0.4, 0.5) is 0 Å². The molecule has 0 fully saturated rings. The van der Waals surface area contributed by atoms with Gasteiger partial charge in [-0.15, -0.1) is 0 Å². The maximum atomic E-state index is 11.9. The molecule has 0 saturated carbocycles. The quantitative estimate of drug-likeness (QED) is 0.680. The summed E-state index contributed by atoms with van der Waals surface area (Å²) in [4.78, 5) is 11.9. The summed E-state index contributed by atoms with van der Waals surface area (Å²) in [5.41, 5.74) is 0.657. The molecule has 4 nitrogen and oxygen atoms in total. The van der Waals surface area contributed by atoms with E-state index in [1.54, 1.807) is 0 Å². The predicted octanol–water partition coefficient (Wildman–Crippen LogP) is 2.10. The standard InChI is InChI=1S/C16H26N2O2/c1-4-18-16(2,3)15(19)17-11-8-12-20-13-14-9-6-5-7-10-14/h5-7,9-10,18H,4,8,11-13H2,1-3H3,(H,17,19). The molecule has 0 aliphatic carbocycles. The highest BCUT2D eigenvalue weighted by Gasteiger charge is 2.25. The van der Waals surface area contributed by atoms with E-state index in [1.807, 2.05) is 51.1 Å². The number of carbonyl (C=O) groups is 1. The lowest BCUT2D eigenvalue weighted by Gasteiger charge is -2.24. The molecule has 20 heavy (non-hydrogen) atoms. The average Bonchev–Trinajstić information content (AvgIpc) is 2.43. The van der Waals surface area contributed by atoms with Gasteiger partial charge in [-0.05, 0) is 32.4 Å². The summed E-state index contributed by atoms with van der Waals surface area (Å²) in [6.45, 7) is 8.46. The van der Waals surface area contributed by atoms with Crippen molar-refractivity contribution < 1.29 is 9.53 Å². The number of nitrogens with one attached hydrogen (secondary N) is 2. The summed E-state index contributed by atoms with van der Waals surface area (Å²) in [7, 11) is 0. The van der Waals surface area contributed by atoms with E-state index in [0.29, 0.717) is 19.8 Å². The molecule has 112 valence electrons. The van der Waals surface area contributed by atoms with Gasteiger partial charge in [0.15, 0.2) is 0 Å². The van der Waals surface area contributed by atoms with Gasteiger partial charge in [0.05, 0.1) is 12.1 Å². The molecule has 0 aliphatic rings. The fourth-order valence-electron chi connectivity index (χ4n) is 1.88. The number of ether oxygens (including phenoxy) is 1. The van der Waals surface area contributed by atoms with Crippen LogP contribution in [0.25, 0.3) is 0 Å². The van der Waals surface area contributed by atoms with E-state index in [9.17, 15) is 4.79 Å². The zero-order valence-corrected chi connectivity index (χ0v) is 12.7. The molecule has 0 radical (unpaired) electrons. The van der Waals surface area contributed by atoms with Crippen molar-refractivity contribution in [3.8, 4) is 0 Å². The Balaban J connectivity index is 2.09. The second kappa shape index (κ2) is 8.72. The first-order valence-corrected chi connectivity index (χ1v) is 7.21. The second-order valence-corrected chi connectivity index (χ2v) is 5.30. The Morgan fingerprint density at radius 2 is 1.95 bits per heavy atom. The van der Waals surface area contributed by atoms with Crippen LogP contribution >= 0.6 is 0 Å². The van der Waals surface area contributed by atoms with Gasteiger partial charge in [0.2, 0.25) is 5.91 Å². The maximum Gasteiger partial charge on any atom is 0.239 e. The van der Waals surface area contributed by atoms with Crippen LogP contribution in [0.1, 0.15) is 32.8 Å². The van der Waals surface area contributed by atoms with Crippen LogP contribution in [0, 0.1) is 0 Å². The molecular formula is C16H26N2O2. The number of hydrogen-bond acceptors (Lipinski definition) is 3. The first-order chi connectivity index (χ1) is 9.56. The van der Waals surface area contributed by atoms with Gasteiger partial charge in [0.1, 0.15) is 0 Å². The van der Waals surface area contributed by atoms with Crippen LogP contribution in [0.5, 0.6) is 0 Å². The summed E-state index contributed by atoms with van der Waals surface area (Å²) in [6.07, 6.45) is 0.820. The summed E-state index contributed by atoms with van der Waals surface area (Å²) >= 11 is 0. The smallest absolute Gasteiger partial charge is 0.239 e. The lowest BCUT2D eigenvalue weighted by Crippen LogP contribution is -2.52. The lowest BCUT2D eigenvalue weighted by molar-refractivity contribution is -0.126. The van der Waals surface area contributed by atoms with Crippen LogP contribution in [-0.2, 0) is 16.1 Å². The minimum atomic E-state index is -0.514. The molecule has 4 heteroatoms. The van der Waals surface area contributed by atoms with Crippen molar-refractivity contribution in [1.29, 1.82) is 0 Å². The number of rotatable bonds is 9. The Morgan fingerprint density at radius 1 is 1.25 bits per heavy atom. The van der Waals surface area contributed by atoms with E-state index < -0.39 is 5.54 Å². The molecule has 1 aromatic rings. The largest absolute Gasteiger partial charge is 0.377 e. The van der Waals surface area contributed by atoms with Gasteiger partial charge >= 0.3 is 0 Å². The lowest BCUT2D eigenvalue weighted by atomic mass is 10.0. The fraction of sp³-hybridized carbons (Fsp3) is 0.562. The number of amides is 1. The summed E-state index contributed by atoms with van der Waals surface area (Å²) in [5.74, 6) is 0.0300. The third-order valence-electron chi connectivity index (χ3n) is 3.05. The summed E-state index contributed by atoms with van der Waals surface area (Å²) < 4.78 is 5.57. The Kier molecular flexibility index (Phi) is 7.26. The highest BCUT2D eigenvalue weighted by Crippen LogP contribution is 2.02. The van der Waals surface area contributed by atoms with E-state index in [0.717, 1.165) is 13.0 Å². The SMILES string of the molecule is CCNC(C)(C)C(=O)NCCCOCc1ccccc1. The van der Waals surface area contributed by atoms with E-state index in [2.05, 4.69) is 10.6 Å². The van der Waals surface area contributed by atoms with Crippen molar-refractivity contribution in [2.24, 2.45) is 0 Å². The molecule has 0 atom stereocenters. The van der Waals surface area contributed by atoms with Gasteiger partial charge in [-0.1, -0.05) is 37.3 Å². The molecule has 0 bridgehead atoms. The van der Waals surface area contributed by atoms with Crippen LogP contribution in [0.2, 0.25) is 0 Å². The molecule has 0 unspecified atom stereocenters. The Labute approximate surface area is 121 Å². The number of likely N-dealkylation sites (N-methyl/N-ethyl adjacent to an activating group) is 1. The van der Waals surface area contributed by atoms with E-state index in [1.165, 1.54) is 5.56 Å². The van der Waals surface area contributed by atoms with Gasteiger partial charge in [0.25, 0.3) is 0 Å². The summed E-state index contributed by atoms with van der Waals surface area (Å²) in [5, 5.41) is 6.08. The van der Waals surface area contributed by atoms with Crippen molar-refractivity contribution in [1.82, 2.24) is 10.6 Å². The average molecular weight is 278 g/mol. The van der Waals surface area contributed by atoms with Crippen LogP contribution < -0.4 is 10.6 Å². The first-order valence-electron chi connectivity index (χ1n) is 7.21. The first kappa shape index (κ1) is 16.7. The minimum Gasteiger partial charge on any atom is -0.377 e. The van der Waals surface area contributed by atoms with Gasteiger partial charge in [0, 0.05) is 13.2 Å². The van der Waals surface area contributed by atoms with Crippen molar-refractivity contribution in [2.45, 2.75) is 39.3 Å². The number of benzene rings is 1. The van der Waals surface area contributed by atoms with E-state index >= 15 is 0 Å². The highest BCUT2D eigenvalue weighted by atomic mass is 16.5. The zero-order valence-electron chi connectivity index (χ0n) is 12.7. The van der Waals surface area contributed by atoms with Gasteiger partial charge in [-0.3, -0.25) is 4.79 Å². The fourth-order valence-corrected chi connectivity index (χ4v) is 1.88. The topological polar surface area (TPSA) is 50.4 Å². The zero-order chi connectivity index (χ0) is 14.8. The Morgan fingerprint density at radius 3 is 2.60 bits per heavy atom. The van der Waals surface area contributed by atoms with Gasteiger partial charge < -0.3 is 15.4 Å². The molecule has 0 aromatic heterocycles. The molecule has 2 N–H and O–H groups in total. The molecule has 0 spiro atoms. The molecule has 1 rings (SSSR count). The predicted molar refractivity (Wildman–Crippen MR) is 81.5 cm³/mol. The molecule has 0 aliphatic heterocycles. The van der Waals surface area contributed by atoms with Crippen LogP contribution in [0.15, 0.2) is 30.3 Å².